The first-order valence-corrected chi connectivity index (χ1v) is 16.4. The molecule has 0 spiro atoms. The zero-order chi connectivity index (χ0) is 32.8. The minimum Gasteiger partial charge on any atom is -0.493 e. The van der Waals surface area contributed by atoms with Gasteiger partial charge in [0.25, 0.3) is 5.91 Å². The monoisotopic (exact) mass is 625 g/mol. The number of likely N-dealkylation sites (tertiary alicyclic amines) is 1. The Kier molecular flexibility index (Phi) is 10.8. The Morgan fingerprint density at radius 1 is 1.02 bits per heavy atom. The SMILES string of the molecule is CCOc1cc2c(cc1OC)C(c1ccc(C(=O)N(C(C)C)C(C)CCOC(=O)Cc3ccccc3)cc1)=N[C@@H]1CCN(C)C[C@H]21. The molecule has 1 saturated heterocycles. The van der Waals surface area contributed by atoms with Crippen molar-refractivity contribution in [2.75, 3.05) is 40.5 Å². The van der Waals surface area contributed by atoms with Crippen molar-refractivity contribution in [3.63, 3.8) is 0 Å². The third-order valence-electron chi connectivity index (χ3n) is 9.03. The quantitative estimate of drug-likeness (QED) is 0.225. The molecule has 0 bridgehead atoms. The lowest BCUT2D eigenvalue weighted by atomic mass is 9.79. The summed E-state index contributed by atoms with van der Waals surface area (Å²) in [5, 5.41) is 0. The summed E-state index contributed by atoms with van der Waals surface area (Å²) in [6.07, 6.45) is 1.78. The van der Waals surface area contributed by atoms with E-state index in [-0.39, 0.29) is 48.9 Å². The summed E-state index contributed by atoms with van der Waals surface area (Å²) in [5.74, 6) is 1.42. The van der Waals surface area contributed by atoms with Crippen LogP contribution in [0.25, 0.3) is 0 Å². The fourth-order valence-electron chi connectivity index (χ4n) is 6.70. The number of benzene rings is 3. The van der Waals surface area contributed by atoms with Gasteiger partial charge in [0.1, 0.15) is 0 Å². The Bertz CT molecular complexity index is 1540. The van der Waals surface area contributed by atoms with E-state index in [9.17, 15) is 9.59 Å². The average Bonchev–Trinajstić information content (AvgIpc) is 3.04. The third-order valence-corrected chi connectivity index (χ3v) is 9.03. The Morgan fingerprint density at radius 2 is 1.76 bits per heavy atom. The largest absolute Gasteiger partial charge is 0.493 e. The molecule has 0 radical (unpaired) electrons. The first-order chi connectivity index (χ1) is 22.2. The van der Waals surface area contributed by atoms with Crippen LogP contribution in [0, 0.1) is 0 Å². The molecule has 1 amide bonds. The second-order valence-corrected chi connectivity index (χ2v) is 12.6. The van der Waals surface area contributed by atoms with Crippen molar-refractivity contribution in [3.8, 4) is 11.5 Å². The Balaban J connectivity index is 1.32. The predicted molar refractivity (Wildman–Crippen MR) is 181 cm³/mol. The fourth-order valence-corrected chi connectivity index (χ4v) is 6.70. The summed E-state index contributed by atoms with van der Waals surface area (Å²) in [7, 11) is 3.83. The van der Waals surface area contributed by atoms with Gasteiger partial charge in [0, 0.05) is 47.7 Å². The molecule has 3 aromatic rings. The maximum Gasteiger partial charge on any atom is 0.310 e. The topological polar surface area (TPSA) is 80.7 Å². The highest BCUT2D eigenvalue weighted by Gasteiger charge is 2.36. The van der Waals surface area contributed by atoms with Gasteiger partial charge in [-0.1, -0.05) is 42.5 Å². The summed E-state index contributed by atoms with van der Waals surface area (Å²) in [5.41, 5.74) is 5.71. The second-order valence-electron chi connectivity index (χ2n) is 12.6. The highest BCUT2D eigenvalue weighted by Crippen LogP contribution is 2.42. The summed E-state index contributed by atoms with van der Waals surface area (Å²) in [4.78, 5) is 35.7. The lowest BCUT2D eigenvalue weighted by molar-refractivity contribution is -0.143. The minimum atomic E-state index is -0.262. The van der Waals surface area contributed by atoms with Crippen LogP contribution in [0.1, 0.15) is 79.1 Å². The number of likely N-dealkylation sites (N-methyl/N-ethyl adjacent to an activating group) is 1. The number of aliphatic imine (C=N–C) groups is 1. The number of piperidine rings is 1. The number of ether oxygens (including phenoxy) is 3. The molecule has 1 unspecified atom stereocenters. The van der Waals surface area contributed by atoms with Crippen molar-refractivity contribution in [1.29, 1.82) is 0 Å². The summed E-state index contributed by atoms with van der Waals surface area (Å²) < 4.78 is 17.2. The lowest BCUT2D eigenvalue weighted by Crippen LogP contribution is -2.44. The normalized spacial score (nSPS) is 18.2. The van der Waals surface area contributed by atoms with Crippen molar-refractivity contribution in [3.05, 3.63) is 94.5 Å². The molecule has 0 aromatic heterocycles. The Morgan fingerprint density at radius 3 is 2.43 bits per heavy atom. The molecule has 244 valence electrons. The molecule has 0 N–H and O–H groups in total. The van der Waals surface area contributed by atoms with E-state index in [0.29, 0.717) is 24.3 Å². The van der Waals surface area contributed by atoms with E-state index in [1.165, 1.54) is 5.56 Å². The van der Waals surface area contributed by atoms with Gasteiger partial charge in [-0.15, -0.1) is 0 Å². The van der Waals surface area contributed by atoms with Crippen molar-refractivity contribution < 1.29 is 23.8 Å². The van der Waals surface area contributed by atoms with Gasteiger partial charge in [-0.05, 0) is 83.1 Å². The highest BCUT2D eigenvalue weighted by atomic mass is 16.5. The van der Waals surface area contributed by atoms with Crippen LogP contribution < -0.4 is 9.47 Å². The summed E-state index contributed by atoms with van der Waals surface area (Å²) in [6, 6.07) is 21.6. The average molecular weight is 626 g/mol. The molecular weight excluding hydrogens is 578 g/mol. The molecule has 46 heavy (non-hydrogen) atoms. The van der Waals surface area contributed by atoms with E-state index in [4.69, 9.17) is 19.2 Å². The zero-order valence-electron chi connectivity index (χ0n) is 28.0. The van der Waals surface area contributed by atoms with Crippen LogP contribution in [-0.4, -0.2) is 86.0 Å². The lowest BCUT2D eigenvalue weighted by Gasteiger charge is -2.39. The number of carbonyl (C=O) groups is 2. The summed E-state index contributed by atoms with van der Waals surface area (Å²) >= 11 is 0. The molecule has 1 fully saturated rings. The van der Waals surface area contributed by atoms with Crippen molar-refractivity contribution in [1.82, 2.24) is 9.80 Å². The number of methoxy groups -OCH3 is 1. The van der Waals surface area contributed by atoms with Gasteiger partial charge in [-0.3, -0.25) is 14.6 Å². The first kappa shape index (κ1) is 33.2. The Labute approximate surface area is 273 Å². The number of esters is 1. The van der Waals surface area contributed by atoms with Gasteiger partial charge in [-0.25, -0.2) is 0 Å². The number of hydrogen-bond acceptors (Lipinski definition) is 7. The minimum absolute atomic E-state index is 0.0230. The number of carbonyl (C=O) groups excluding carboxylic acids is 2. The van der Waals surface area contributed by atoms with Gasteiger partial charge in [0.05, 0.1) is 38.5 Å². The first-order valence-electron chi connectivity index (χ1n) is 16.4. The van der Waals surface area contributed by atoms with E-state index in [0.717, 1.165) is 47.7 Å². The van der Waals surface area contributed by atoms with Crippen LogP contribution in [0.2, 0.25) is 0 Å². The van der Waals surface area contributed by atoms with E-state index >= 15 is 0 Å². The van der Waals surface area contributed by atoms with Gasteiger partial charge in [-0.2, -0.15) is 0 Å². The van der Waals surface area contributed by atoms with Crippen LogP contribution in [0.3, 0.4) is 0 Å². The van der Waals surface area contributed by atoms with Crippen molar-refractivity contribution >= 4 is 17.6 Å². The molecule has 2 aliphatic heterocycles. The van der Waals surface area contributed by atoms with E-state index < -0.39 is 0 Å². The van der Waals surface area contributed by atoms with Crippen molar-refractivity contribution in [2.45, 2.75) is 71.0 Å². The smallest absolute Gasteiger partial charge is 0.310 e. The number of hydrogen-bond donors (Lipinski definition) is 0. The van der Waals surface area contributed by atoms with Crippen LogP contribution in [-0.2, 0) is 16.0 Å². The number of amides is 1. The molecule has 8 heteroatoms. The standard InChI is InChI=1S/C38H47N3O5/c1-7-45-35-22-30-31(23-34(35)44-6)37(39-33-17-19-40(5)24-32(30)33)28-13-15-29(16-14-28)38(43)41(25(2)3)26(4)18-20-46-36(42)21-27-11-9-8-10-12-27/h8-16,22-23,25-26,32-33H,7,17-21,24H2,1-6H3/t26?,32-,33-/m1/s1. The maximum atomic E-state index is 13.8. The van der Waals surface area contributed by atoms with E-state index in [1.807, 2.05) is 87.2 Å². The molecule has 8 nitrogen and oxygen atoms in total. The van der Waals surface area contributed by atoms with Crippen molar-refractivity contribution in [2.24, 2.45) is 4.99 Å². The molecule has 0 aliphatic carbocycles. The summed E-state index contributed by atoms with van der Waals surface area (Å²) in [6.45, 7) is 10.8. The van der Waals surface area contributed by atoms with Gasteiger partial charge < -0.3 is 24.0 Å². The molecule has 2 heterocycles. The van der Waals surface area contributed by atoms with Crippen LogP contribution in [0.5, 0.6) is 11.5 Å². The van der Waals surface area contributed by atoms with E-state index in [1.54, 1.807) is 7.11 Å². The van der Waals surface area contributed by atoms with Gasteiger partial charge in [0.15, 0.2) is 11.5 Å². The fraction of sp³-hybridized carbons (Fsp3) is 0.447. The van der Waals surface area contributed by atoms with Crippen LogP contribution >= 0.6 is 0 Å². The molecule has 3 aromatic carbocycles. The molecule has 5 rings (SSSR count). The molecule has 3 atom stereocenters. The number of fused-ring (bicyclic) bond motifs is 3. The van der Waals surface area contributed by atoms with Gasteiger partial charge in [0.2, 0.25) is 0 Å². The second kappa shape index (κ2) is 14.9. The molecule has 2 aliphatic rings. The molecular formula is C38H47N3O5. The van der Waals surface area contributed by atoms with Crippen LogP contribution in [0.15, 0.2) is 71.7 Å². The van der Waals surface area contributed by atoms with Crippen LogP contribution in [0.4, 0.5) is 0 Å². The third kappa shape index (κ3) is 7.44. The Hall–Kier alpha value is -4.17. The maximum absolute atomic E-state index is 13.8. The van der Waals surface area contributed by atoms with Gasteiger partial charge >= 0.3 is 5.97 Å². The zero-order valence-corrected chi connectivity index (χ0v) is 28.0. The highest BCUT2D eigenvalue weighted by molar-refractivity contribution is 6.15. The number of rotatable bonds is 12. The predicted octanol–water partition coefficient (Wildman–Crippen LogP) is 6.15. The molecule has 0 saturated carbocycles. The van der Waals surface area contributed by atoms with E-state index in [2.05, 4.69) is 24.1 Å². The number of nitrogens with zero attached hydrogens (tertiary/aromatic N) is 3.